The molecule has 0 amide bonds. The van der Waals surface area contributed by atoms with Gasteiger partial charge in [0.05, 0.1) is 23.7 Å². The van der Waals surface area contributed by atoms with Gasteiger partial charge in [-0.15, -0.1) is 11.3 Å². The third kappa shape index (κ3) is 3.11. The van der Waals surface area contributed by atoms with Crippen LogP contribution in [-0.2, 0) is 13.2 Å². The average molecular weight is 268 g/mol. The summed E-state index contributed by atoms with van der Waals surface area (Å²) in [5.74, 6) is 0.399. The molecule has 0 spiro atoms. The molecule has 1 saturated heterocycles. The van der Waals surface area contributed by atoms with Crippen molar-refractivity contribution in [1.82, 2.24) is 9.88 Å². The maximum atomic E-state index is 9.40. The third-order valence-corrected chi connectivity index (χ3v) is 4.78. The molecule has 1 aliphatic rings. The largest absolute Gasteiger partial charge is 0.391 e. The standard InChI is InChI=1S/C14H24N2OS/c1-10(2)14-12(9-17)18-13(15-14)8-16-7-5-4-6-11(16)3/h10-11,17H,4-9H2,1-3H3. The first-order valence-electron chi connectivity index (χ1n) is 6.95. The molecule has 1 unspecified atom stereocenters. The Morgan fingerprint density at radius 3 is 2.78 bits per heavy atom. The fourth-order valence-electron chi connectivity index (χ4n) is 2.61. The highest BCUT2D eigenvalue weighted by atomic mass is 32.1. The lowest BCUT2D eigenvalue weighted by molar-refractivity contribution is 0.152. The Labute approximate surface area is 114 Å². The summed E-state index contributed by atoms with van der Waals surface area (Å²) >= 11 is 1.68. The summed E-state index contributed by atoms with van der Waals surface area (Å²) in [6.45, 7) is 8.85. The molecule has 4 heteroatoms. The molecule has 1 aromatic heterocycles. The zero-order chi connectivity index (χ0) is 13.1. The molecule has 1 atom stereocenters. The number of hydrogen-bond acceptors (Lipinski definition) is 4. The smallest absolute Gasteiger partial charge is 0.107 e. The Morgan fingerprint density at radius 1 is 1.44 bits per heavy atom. The van der Waals surface area contributed by atoms with Crippen LogP contribution in [0.2, 0.25) is 0 Å². The lowest BCUT2D eigenvalue weighted by Gasteiger charge is -2.32. The van der Waals surface area contributed by atoms with Crippen LogP contribution in [0.15, 0.2) is 0 Å². The van der Waals surface area contributed by atoms with Crippen LogP contribution in [0.4, 0.5) is 0 Å². The van der Waals surface area contributed by atoms with E-state index < -0.39 is 0 Å². The molecule has 0 saturated carbocycles. The Hall–Kier alpha value is -0.450. The summed E-state index contributed by atoms with van der Waals surface area (Å²) in [5, 5.41) is 10.6. The van der Waals surface area contributed by atoms with Crippen molar-refractivity contribution in [3.63, 3.8) is 0 Å². The Bertz CT molecular complexity index is 389. The lowest BCUT2D eigenvalue weighted by Crippen LogP contribution is -2.36. The van der Waals surface area contributed by atoms with Crippen LogP contribution in [0.5, 0.6) is 0 Å². The molecule has 18 heavy (non-hydrogen) atoms. The minimum atomic E-state index is 0.126. The summed E-state index contributed by atoms with van der Waals surface area (Å²) in [6, 6.07) is 0.669. The van der Waals surface area contributed by atoms with E-state index in [1.54, 1.807) is 11.3 Å². The summed E-state index contributed by atoms with van der Waals surface area (Å²) in [7, 11) is 0. The Kier molecular flexibility index (Phi) is 4.76. The second-order valence-corrected chi connectivity index (χ2v) is 6.71. The van der Waals surface area contributed by atoms with Gasteiger partial charge in [-0.25, -0.2) is 4.98 Å². The first-order valence-corrected chi connectivity index (χ1v) is 7.76. The zero-order valence-electron chi connectivity index (χ0n) is 11.6. The van der Waals surface area contributed by atoms with E-state index >= 15 is 0 Å². The molecular formula is C14H24N2OS. The average Bonchev–Trinajstić information content (AvgIpc) is 2.75. The summed E-state index contributed by atoms with van der Waals surface area (Å²) in [5.41, 5.74) is 1.09. The molecule has 1 aromatic rings. The molecule has 102 valence electrons. The number of aliphatic hydroxyl groups is 1. The van der Waals surface area contributed by atoms with Crippen LogP contribution >= 0.6 is 11.3 Å². The van der Waals surface area contributed by atoms with Gasteiger partial charge < -0.3 is 5.11 Å². The van der Waals surface area contributed by atoms with E-state index in [-0.39, 0.29) is 6.61 Å². The van der Waals surface area contributed by atoms with Gasteiger partial charge in [0, 0.05) is 6.04 Å². The van der Waals surface area contributed by atoms with E-state index in [2.05, 4.69) is 25.7 Å². The maximum Gasteiger partial charge on any atom is 0.107 e. The summed E-state index contributed by atoms with van der Waals surface area (Å²) in [4.78, 5) is 8.29. The Morgan fingerprint density at radius 2 is 2.22 bits per heavy atom. The second kappa shape index (κ2) is 6.13. The van der Waals surface area contributed by atoms with Crippen molar-refractivity contribution in [2.45, 2.75) is 65.1 Å². The predicted octanol–water partition coefficient (Wildman–Crippen LogP) is 3.13. The number of rotatable bonds is 4. The fraction of sp³-hybridized carbons (Fsp3) is 0.786. The van der Waals surface area contributed by atoms with Crippen molar-refractivity contribution < 1.29 is 5.11 Å². The van der Waals surface area contributed by atoms with Crippen molar-refractivity contribution in [2.75, 3.05) is 6.54 Å². The number of piperidine rings is 1. The van der Waals surface area contributed by atoms with Gasteiger partial charge in [-0.05, 0) is 32.2 Å². The fourth-order valence-corrected chi connectivity index (χ4v) is 3.72. The summed E-state index contributed by atoms with van der Waals surface area (Å²) in [6.07, 6.45) is 3.96. The van der Waals surface area contributed by atoms with Crippen LogP contribution in [0.3, 0.4) is 0 Å². The number of likely N-dealkylation sites (tertiary alicyclic amines) is 1. The van der Waals surface area contributed by atoms with Crippen molar-refractivity contribution in [1.29, 1.82) is 0 Å². The molecule has 2 rings (SSSR count). The molecule has 1 N–H and O–H groups in total. The van der Waals surface area contributed by atoms with Crippen molar-refractivity contribution in [2.24, 2.45) is 0 Å². The highest BCUT2D eigenvalue weighted by Gasteiger charge is 2.21. The third-order valence-electron chi connectivity index (χ3n) is 3.74. The van der Waals surface area contributed by atoms with Gasteiger partial charge in [0.15, 0.2) is 0 Å². The highest BCUT2D eigenvalue weighted by Crippen LogP contribution is 2.27. The van der Waals surface area contributed by atoms with Gasteiger partial charge in [-0.1, -0.05) is 20.3 Å². The van der Waals surface area contributed by atoms with Gasteiger partial charge in [-0.2, -0.15) is 0 Å². The molecular weight excluding hydrogens is 244 g/mol. The predicted molar refractivity (Wildman–Crippen MR) is 75.8 cm³/mol. The quantitative estimate of drug-likeness (QED) is 0.911. The van der Waals surface area contributed by atoms with E-state index in [9.17, 15) is 5.11 Å². The second-order valence-electron chi connectivity index (χ2n) is 5.54. The van der Waals surface area contributed by atoms with Crippen LogP contribution in [0, 0.1) is 0 Å². The van der Waals surface area contributed by atoms with Gasteiger partial charge in [-0.3, -0.25) is 4.90 Å². The minimum Gasteiger partial charge on any atom is -0.391 e. The van der Waals surface area contributed by atoms with E-state index in [0.29, 0.717) is 12.0 Å². The number of nitrogens with zero attached hydrogens (tertiary/aromatic N) is 2. The molecule has 0 aliphatic carbocycles. The van der Waals surface area contributed by atoms with E-state index in [4.69, 9.17) is 4.98 Å². The number of thiazole rings is 1. The monoisotopic (exact) mass is 268 g/mol. The number of hydrogen-bond donors (Lipinski definition) is 1. The molecule has 1 fully saturated rings. The SMILES string of the molecule is CC(C)c1nc(CN2CCCCC2C)sc1CO. The first kappa shape index (κ1) is 14.0. The lowest BCUT2D eigenvalue weighted by atomic mass is 10.0. The Balaban J connectivity index is 2.09. The van der Waals surface area contributed by atoms with E-state index in [1.165, 1.54) is 25.8 Å². The maximum absolute atomic E-state index is 9.40. The molecule has 2 heterocycles. The number of aromatic nitrogens is 1. The molecule has 1 aliphatic heterocycles. The zero-order valence-corrected chi connectivity index (χ0v) is 12.5. The van der Waals surface area contributed by atoms with Gasteiger partial charge in [0.2, 0.25) is 0 Å². The van der Waals surface area contributed by atoms with Crippen molar-refractivity contribution in [3.05, 3.63) is 15.6 Å². The van der Waals surface area contributed by atoms with Gasteiger partial charge in [0.25, 0.3) is 0 Å². The van der Waals surface area contributed by atoms with Crippen LogP contribution in [-0.4, -0.2) is 27.6 Å². The topological polar surface area (TPSA) is 36.4 Å². The molecule has 3 nitrogen and oxygen atoms in total. The molecule has 0 radical (unpaired) electrons. The normalized spacial score (nSPS) is 21.7. The number of aliphatic hydroxyl groups excluding tert-OH is 1. The summed E-state index contributed by atoms with van der Waals surface area (Å²) < 4.78 is 0. The minimum absolute atomic E-state index is 0.126. The molecule has 0 bridgehead atoms. The van der Waals surface area contributed by atoms with Crippen LogP contribution in [0.1, 0.15) is 61.5 Å². The van der Waals surface area contributed by atoms with E-state index in [1.807, 2.05) is 0 Å². The van der Waals surface area contributed by atoms with Crippen LogP contribution in [0.25, 0.3) is 0 Å². The first-order chi connectivity index (χ1) is 8.61. The van der Waals surface area contributed by atoms with Crippen molar-refractivity contribution >= 4 is 11.3 Å². The molecule has 0 aromatic carbocycles. The highest BCUT2D eigenvalue weighted by molar-refractivity contribution is 7.11. The van der Waals surface area contributed by atoms with Crippen LogP contribution < -0.4 is 0 Å². The van der Waals surface area contributed by atoms with Gasteiger partial charge in [0.1, 0.15) is 5.01 Å². The van der Waals surface area contributed by atoms with E-state index in [0.717, 1.165) is 22.1 Å². The van der Waals surface area contributed by atoms with Gasteiger partial charge >= 0.3 is 0 Å². The van der Waals surface area contributed by atoms with Crippen molar-refractivity contribution in [3.8, 4) is 0 Å².